The number of ether oxygens (including phenoxy) is 4. The van der Waals surface area contributed by atoms with Gasteiger partial charge in [0.2, 0.25) is 0 Å². The molecule has 6 aromatic rings. The van der Waals surface area contributed by atoms with E-state index < -0.39 is 153 Å². The van der Waals surface area contributed by atoms with Crippen LogP contribution in [0.15, 0.2) is 211 Å². The maximum Gasteiger partial charge on any atom is 1.00 e. The topological polar surface area (TPSA) is 471 Å². The molecule has 0 heterocycles. The van der Waals surface area contributed by atoms with Crippen molar-refractivity contribution in [3.8, 4) is 0 Å². The Morgan fingerprint density at radius 3 is 0.778 bits per heavy atom. The monoisotopic (exact) mass is 2240 g/mol. The fraction of sp³-hybridized carbons (Fsp3) is 0.549. The molecule has 16 aliphatic rings. The maximum atomic E-state index is 13.3. The van der Waals surface area contributed by atoms with E-state index >= 15 is 0 Å². The first-order chi connectivity index (χ1) is 65.0. The van der Waals surface area contributed by atoms with Gasteiger partial charge >= 0.3 is 184 Å². The third-order valence-corrected chi connectivity index (χ3v) is 34.0. The fourth-order valence-electron chi connectivity index (χ4n) is 24.0. The van der Waals surface area contributed by atoms with E-state index in [2.05, 4.69) is 229 Å². The molecule has 0 spiro atoms. The number of benzene rings is 6. The van der Waals surface area contributed by atoms with Crippen molar-refractivity contribution >= 4 is 122 Å². The molecule has 0 amide bonds. The minimum absolute atomic E-state index is 0. The summed E-state index contributed by atoms with van der Waals surface area (Å²) in [5.74, 6) is -6.58. The van der Waals surface area contributed by atoms with Crippen molar-refractivity contribution in [3.63, 3.8) is 0 Å². The molecule has 0 radical (unpaired) electrons. The zero-order valence-electron chi connectivity index (χ0n) is 78.7. The number of hydrogen-bond acceptors (Lipinski definition) is 32. The summed E-state index contributed by atoms with van der Waals surface area (Å²) in [7, 11) is -5.12. The van der Waals surface area contributed by atoms with Crippen molar-refractivity contribution in [3.05, 3.63) is 182 Å². The van der Waals surface area contributed by atoms with Crippen molar-refractivity contribution in [1.82, 2.24) is 0 Å². The van der Waals surface area contributed by atoms with Crippen molar-refractivity contribution < 1.29 is 312 Å². The molecular weight excluding hydrogens is 2130 g/mol. The predicted molar refractivity (Wildman–Crippen MR) is 476 cm³/mol. The second-order valence-electron chi connectivity index (χ2n) is 37.8. The zero-order chi connectivity index (χ0) is 100. The first-order valence-electron chi connectivity index (χ1n) is 43.6. The van der Waals surface area contributed by atoms with Gasteiger partial charge in [0.1, 0.15) is 48.2 Å². The molecule has 0 saturated heterocycles. The van der Waals surface area contributed by atoms with Crippen LogP contribution in [-0.2, 0) is 112 Å². The number of carboxylic acids is 1. The summed E-state index contributed by atoms with van der Waals surface area (Å²) < 4.78 is 199. The molecular formula is C91H106ClF11Na4O30S7+2. The molecule has 778 valence electrons. The van der Waals surface area contributed by atoms with E-state index in [4.69, 9.17) is 24.4 Å². The van der Waals surface area contributed by atoms with Crippen LogP contribution in [0, 0.1) is 69.0 Å². The van der Waals surface area contributed by atoms with Crippen LogP contribution in [0.4, 0.5) is 48.4 Å². The molecule has 8 unspecified atom stereocenters. The van der Waals surface area contributed by atoms with Crippen LogP contribution in [0.5, 0.6) is 0 Å². The Balaban J connectivity index is 0.000000292. The minimum Gasteiger partial charge on any atom is -0.870 e. The van der Waals surface area contributed by atoms with Crippen molar-refractivity contribution in [2.24, 2.45) is 69.0 Å². The van der Waals surface area contributed by atoms with Gasteiger partial charge in [-0.2, -0.15) is 65.3 Å². The SMILES string of the molecule is COC(=O)C(F)(F)SOOF.Cl.O=C(O)C(F)(F)SOO[O-].O=C(OCC12CC3CC(CC(O)(C3)C1)C2)C(F)(F)S(=O)(=O)O.O=C(OCC12CC3CC(CC(O)(C3)C1)C2)C(F)(F)SOO[O-].O=C(OCC12CC3CC(CC(O)(C3)C1)C2)C(F)(F)SOO[O-].OCC12CC3CC(CC(O)(C3)C1)C2.[Na+].[Na+].[Na+].[Na+].[OH-].c1ccc([S+](c2ccccc2)c2ccccc2)cc1.c1ccc([S+](c2ccccc2)c2ccccc2)cc1. The van der Waals surface area contributed by atoms with Crippen molar-refractivity contribution in [2.45, 2.75) is 232 Å². The van der Waals surface area contributed by atoms with Crippen LogP contribution in [0.1, 0.15) is 154 Å². The molecule has 0 aliphatic heterocycles. The van der Waals surface area contributed by atoms with Gasteiger partial charge in [0.15, 0.2) is 29.4 Å². The van der Waals surface area contributed by atoms with E-state index in [0.29, 0.717) is 87.1 Å². The van der Waals surface area contributed by atoms with Gasteiger partial charge in [-0.05, 0) is 289 Å². The summed E-state index contributed by atoms with van der Waals surface area (Å²) in [5.41, 5.74) is -3.99. The fourth-order valence-corrected chi connectivity index (χ4v) is 29.4. The first kappa shape index (κ1) is 132. The van der Waals surface area contributed by atoms with Gasteiger partial charge in [-0.25, -0.2) is 24.0 Å². The summed E-state index contributed by atoms with van der Waals surface area (Å²) in [6, 6.07) is 64.3. The molecule has 8 N–H and O–H groups in total. The molecule has 16 aliphatic carbocycles. The van der Waals surface area contributed by atoms with Crippen LogP contribution >= 0.6 is 60.6 Å². The van der Waals surface area contributed by atoms with Gasteiger partial charge in [-0.15, -0.1) is 16.7 Å². The van der Waals surface area contributed by atoms with E-state index in [0.717, 1.165) is 97.0 Å². The number of carbonyl (C=O) groups is 5. The Bertz CT molecular complexity index is 4650. The Hall–Kier alpha value is -2.48. The number of aliphatic carboxylic acids is 1. The minimum atomic E-state index is -5.85. The van der Waals surface area contributed by atoms with Gasteiger partial charge in [0.25, 0.3) is 0 Å². The second-order valence-corrected chi connectivity index (χ2v) is 46.6. The largest absolute Gasteiger partial charge is 1.00 e. The molecule has 16 bridgehead atoms. The summed E-state index contributed by atoms with van der Waals surface area (Å²) >= 11 is -3.05. The molecule has 16 saturated carbocycles. The number of aliphatic hydroxyl groups is 5. The quantitative estimate of drug-likeness (QED) is 0.00373. The number of hydrogen-bond donors (Lipinski definition) is 7. The smallest absolute Gasteiger partial charge is 0.870 e. The molecule has 22 rings (SSSR count). The van der Waals surface area contributed by atoms with E-state index in [9.17, 15) is 117 Å². The average molecular weight is 2240 g/mol. The van der Waals surface area contributed by atoms with Crippen LogP contribution in [0.25, 0.3) is 0 Å². The predicted octanol–water partition coefficient (Wildman–Crippen LogP) is 3.90. The van der Waals surface area contributed by atoms with E-state index in [1.54, 1.807) is 0 Å². The average Bonchev–Trinajstić information content (AvgIpc) is 0.757. The number of alkyl halides is 10. The molecule has 8 atom stereocenters. The van der Waals surface area contributed by atoms with Gasteiger partial charge < -0.3 is 70.8 Å². The van der Waals surface area contributed by atoms with Gasteiger partial charge in [-0.1, -0.05) is 109 Å². The Labute approximate surface area is 941 Å². The summed E-state index contributed by atoms with van der Waals surface area (Å²) in [5, 5.41) is 76.4. The Kier molecular flexibility index (Phi) is 52.5. The first-order valence-corrected chi connectivity index (χ1v) is 50.5. The molecule has 30 nitrogen and oxygen atoms in total. The van der Waals surface area contributed by atoms with Gasteiger partial charge in [0, 0.05) is 22.9 Å². The van der Waals surface area contributed by atoms with Gasteiger partial charge in [0.05, 0.1) is 71.1 Å². The second kappa shape index (κ2) is 57.3. The Morgan fingerprint density at radius 1 is 0.368 bits per heavy atom. The molecule has 53 heteroatoms. The molecule has 0 aromatic heterocycles. The van der Waals surface area contributed by atoms with Crippen LogP contribution in [-0.4, -0.2) is 161 Å². The third kappa shape index (κ3) is 36.3. The van der Waals surface area contributed by atoms with Crippen LogP contribution in [0.2, 0.25) is 0 Å². The Morgan fingerprint density at radius 2 is 0.576 bits per heavy atom. The number of halogens is 12. The van der Waals surface area contributed by atoms with Crippen molar-refractivity contribution in [2.75, 3.05) is 33.5 Å². The summed E-state index contributed by atoms with van der Waals surface area (Å²) in [4.78, 5) is 62.0. The standard InChI is InChI=1S/2C18H15S.3C13H18F2O6S.C11H18O2.C3H3F3O4S.C2H2F2O5S.ClH.4Na.H2O/c2*1-4-10-16(11-5-1)19(17-12-6-2-7-13-17)18-14-8-3-9-15-18;14-13(15,22(18,19)20)10(16)21-7-11-2-8-1-9(3-11)5-12(17,4-8)6-11;2*14-13(15,22-21-20-18)10(16)19-7-11-2-8-1-9(3-11)5-12(17,4-8)6-11;12-7-10-2-8-1-9(3-10)5-11(13,4-8)6-10;1-8-2(7)3(4,5)11-10-9-6;3-2(4,1(5)6)10-9-8-7;;;;;;/h2*1-15H;8-9,17H,1-7H2,(H,18,19,20);2*8-9,17-18H,1-7H2;8-9,12-13H,1-7H2;1H3;7H,(H,5,6);1H;;;;;1H2/q2*+1;;;;;;;;4*+1;/p-4. The molecule has 16 fully saturated rings. The number of carbonyl (C=O) groups excluding carboxylic acids is 4. The van der Waals surface area contributed by atoms with E-state index in [-0.39, 0.29) is 195 Å². The number of carboxylic acid groups (broad SMARTS) is 1. The third-order valence-electron chi connectivity index (χ3n) is 26.7. The molecule has 144 heavy (non-hydrogen) atoms. The zero-order valence-corrected chi connectivity index (χ0v) is 93.3. The van der Waals surface area contributed by atoms with Gasteiger partial charge in [-0.3, -0.25) is 19.7 Å². The van der Waals surface area contributed by atoms with Crippen LogP contribution < -0.4 is 134 Å². The van der Waals surface area contributed by atoms with Crippen LogP contribution in [0.3, 0.4) is 0 Å². The number of aliphatic hydroxyl groups excluding tert-OH is 1. The normalized spacial score (nSPS) is 28.2. The van der Waals surface area contributed by atoms with Crippen molar-refractivity contribution in [1.29, 1.82) is 0 Å². The summed E-state index contributed by atoms with van der Waals surface area (Å²) in [6.45, 7) is -0.348. The van der Waals surface area contributed by atoms with E-state index in [1.165, 1.54) is 48.6 Å². The molecule has 6 aromatic carbocycles. The summed E-state index contributed by atoms with van der Waals surface area (Å²) in [6.07, 6.45) is 19.8. The number of methoxy groups -OCH3 is 1. The number of rotatable bonds is 31. The van der Waals surface area contributed by atoms with E-state index in [1.807, 2.05) is 0 Å². The number of esters is 4. The maximum absolute atomic E-state index is 13.3.